The standard InChI is InChI=1S/C26H35N3O6S/c1-6-22(26(31)27-18(3)4)28(15-20-10-8-9-19(5)13-20)25(30)16-29(36(32,33)7-2)21-11-12-23-24(14-21)35-17-34-23/h8-14,18,22H,6-7,15-17H2,1-5H3,(H,27,31). The minimum Gasteiger partial charge on any atom is -0.454 e. The molecule has 3 rings (SSSR count). The lowest BCUT2D eigenvalue weighted by Crippen LogP contribution is -2.53. The molecule has 1 heterocycles. The number of nitrogens with zero attached hydrogens (tertiary/aromatic N) is 2. The maximum Gasteiger partial charge on any atom is 0.244 e. The van der Waals surface area contributed by atoms with Gasteiger partial charge in [-0.3, -0.25) is 13.9 Å². The number of aryl methyl sites for hydroxylation is 1. The molecule has 0 aliphatic carbocycles. The Labute approximate surface area is 213 Å². The Hall–Kier alpha value is -3.27. The molecule has 0 spiro atoms. The highest BCUT2D eigenvalue weighted by Gasteiger charge is 2.33. The predicted molar refractivity (Wildman–Crippen MR) is 138 cm³/mol. The first-order valence-corrected chi connectivity index (χ1v) is 13.7. The number of carbonyl (C=O) groups is 2. The van der Waals surface area contributed by atoms with Gasteiger partial charge in [0, 0.05) is 18.7 Å². The van der Waals surface area contributed by atoms with E-state index < -0.39 is 28.5 Å². The van der Waals surface area contributed by atoms with Crippen molar-refractivity contribution < 1.29 is 27.5 Å². The lowest BCUT2D eigenvalue weighted by molar-refractivity contribution is -0.140. The van der Waals surface area contributed by atoms with Crippen LogP contribution in [-0.4, -0.2) is 56.3 Å². The topological polar surface area (TPSA) is 105 Å². The molecule has 2 aromatic rings. The fourth-order valence-corrected chi connectivity index (χ4v) is 5.12. The number of amides is 2. The van der Waals surface area contributed by atoms with Crippen molar-refractivity contribution in [2.24, 2.45) is 0 Å². The third-order valence-corrected chi connectivity index (χ3v) is 7.62. The van der Waals surface area contributed by atoms with Gasteiger partial charge < -0.3 is 19.7 Å². The van der Waals surface area contributed by atoms with E-state index in [-0.39, 0.29) is 31.0 Å². The summed E-state index contributed by atoms with van der Waals surface area (Å²) >= 11 is 0. The molecule has 196 valence electrons. The third-order valence-electron chi connectivity index (χ3n) is 5.88. The molecule has 10 heteroatoms. The maximum atomic E-state index is 13.8. The van der Waals surface area contributed by atoms with Gasteiger partial charge in [0.05, 0.1) is 11.4 Å². The second kappa shape index (κ2) is 11.6. The zero-order valence-corrected chi connectivity index (χ0v) is 22.3. The van der Waals surface area contributed by atoms with E-state index in [2.05, 4.69) is 5.32 Å². The van der Waals surface area contributed by atoms with Gasteiger partial charge in [0.1, 0.15) is 12.6 Å². The van der Waals surface area contributed by atoms with Crippen molar-refractivity contribution in [3.05, 3.63) is 53.6 Å². The molecule has 0 saturated heterocycles. The van der Waals surface area contributed by atoms with Gasteiger partial charge in [0.15, 0.2) is 11.5 Å². The Morgan fingerprint density at radius 1 is 1.06 bits per heavy atom. The summed E-state index contributed by atoms with van der Waals surface area (Å²) in [5.41, 5.74) is 2.17. The summed E-state index contributed by atoms with van der Waals surface area (Å²) in [5.74, 6) is -0.0251. The Kier molecular flexibility index (Phi) is 8.84. The lowest BCUT2D eigenvalue weighted by Gasteiger charge is -2.33. The van der Waals surface area contributed by atoms with Crippen molar-refractivity contribution >= 4 is 27.5 Å². The van der Waals surface area contributed by atoms with E-state index in [1.54, 1.807) is 18.2 Å². The molecule has 36 heavy (non-hydrogen) atoms. The average Bonchev–Trinajstić information content (AvgIpc) is 3.29. The quantitative estimate of drug-likeness (QED) is 0.491. The minimum atomic E-state index is -3.82. The monoisotopic (exact) mass is 517 g/mol. The Bertz CT molecular complexity index is 1200. The Morgan fingerprint density at radius 2 is 1.78 bits per heavy atom. The Balaban J connectivity index is 1.98. The van der Waals surface area contributed by atoms with Crippen LogP contribution in [0.3, 0.4) is 0 Å². The molecule has 2 aromatic carbocycles. The number of rotatable bonds is 11. The second-order valence-corrected chi connectivity index (χ2v) is 11.2. The van der Waals surface area contributed by atoms with Gasteiger partial charge in [-0.2, -0.15) is 0 Å². The number of fused-ring (bicyclic) bond motifs is 1. The van der Waals surface area contributed by atoms with Crippen molar-refractivity contribution in [2.75, 3.05) is 23.4 Å². The van der Waals surface area contributed by atoms with E-state index in [4.69, 9.17) is 9.47 Å². The van der Waals surface area contributed by atoms with Crippen LogP contribution in [0.1, 0.15) is 45.2 Å². The molecule has 0 bridgehead atoms. The molecule has 0 saturated carbocycles. The normalized spacial score (nSPS) is 13.4. The highest BCUT2D eigenvalue weighted by atomic mass is 32.2. The molecule has 9 nitrogen and oxygen atoms in total. The van der Waals surface area contributed by atoms with Gasteiger partial charge in [0.25, 0.3) is 0 Å². The van der Waals surface area contributed by atoms with Crippen molar-refractivity contribution in [2.45, 2.75) is 59.7 Å². The first-order chi connectivity index (χ1) is 17.1. The molecule has 0 radical (unpaired) electrons. The van der Waals surface area contributed by atoms with Gasteiger partial charge in [-0.1, -0.05) is 36.8 Å². The number of benzene rings is 2. The van der Waals surface area contributed by atoms with E-state index in [1.807, 2.05) is 52.0 Å². The molecule has 0 aromatic heterocycles. The highest BCUT2D eigenvalue weighted by Crippen LogP contribution is 2.36. The summed E-state index contributed by atoms with van der Waals surface area (Å²) in [5, 5.41) is 2.89. The summed E-state index contributed by atoms with van der Waals surface area (Å²) in [6.45, 7) is 8.78. The molecule has 1 aliphatic heterocycles. The largest absolute Gasteiger partial charge is 0.454 e. The fourth-order valence-electron chi connectivity index (χ4n) is 4.07. The number of hydrogen-bond donors (Lipinski definition) is 1. The van der Waals surface area contributed by atoms with Crippen LogP contribution in [0.4, 0.5) is 5.69 Å². The highest BCUT2D eigenvalue weighted by molar-refractivity contribution is 7.92. The smallest absolute Gasteiger partial charge is 0.244 e. The van der Waals surface area contributed by atoms with Crippen LogP contribution in [0.2, 0.25) is 0 Å². The predicted octanol–water partition coefficient (Wildman–Crippen LogP) is 3.21. The third kappa shape index (κ3) is 6.48. The Morgan fingerprint density at radius 3 is 2.42 bits per heavy atom. The van der Waals surface area contributed by atoms with Crippen LogP contribution in [0.15, 0.2) is 42.5 Å². The van der Waals surface area contributed by atoms with Crippen LogP contribution in [0.25, 0.3) is 0 Å². The van der Waals surface area contributed by atoms with E-state index >= 15 is 0 Å². The summed E-state index contributed by atoms with van der Waals surface area (Å²) in [6, 6.07) is 11.6. The molecule has 1 atom stereocenters. The summed E-state index contributed by atoms with van der Waals surface area (Å²) in [4.78, 5) is 28.3. The molecule has 2 amide bonds. The molecule has 1 aliphatic rings. The van der Waals surface area contributed by atoms with Crippen molar-refractivity contribution in [3.63, 3.8) is 0 Å². The van der Waals surface area contributed by atoms with E-state index in [0.29, 0.717) is 23.6 Å². The van der Waals surface area contributed by atoms with Crippen LogP contribution in [0.5, 0.6) is 11.5 Å². The van der Waals surface area contributed by atoms with Gasteiger partial charge in [0.2, 0.25) is 28.6 Å². The first-order valence-electron chi connectivity index (χ1n) is 12.1. The molecular weight excluding hydrogens is 482 g/mol. The van der Waals surface area contributed by atoms with Gasteiger partial charge in [-0.25, -0.2) is 8.42 Å². The fraction of sp³-hybridized carbons (Fsp3) is 0.462. The summed E-state index contributed by atoms with van der Waals surface area (Å²) in [7, 11) is -3.82. The maximum absolute atomic E-state index is 13.8. The number of anilines is 1. The summed E-state index contributed by atoms with van der Waals surface area (Å²) in [6.07, 6.45) is 0.376. The number of ether oxygens (including phenoxy) is 2. The first kappa shape index (κ1) is 27.3. The average molecular weight is 518 g/mol. The van der Waals surface area contributed by atoms with Crippen LogP contribution < -0.4 is 19.1 Å². The molecule has 1 unspecified atom stereocenters. The lowest BCUT2D eigenvalue weighted by atomic mass is 10.1. The summed E-state index contributed by atoms with van der Waals surface area (Å²) < 4.78 is 38.0. The minimum absolute atomic E-state index is 0.0473. The SMILES string of the molecule is CCC(C(=O)NC(C)C)N(Cc1cccc(C)c1)C(=O)CN(c1ccc2c(c1)OCO2)S(=O)(=O)CC. The van der Waals surface area contributed by atoms with E-state index in [1.165, 1.54) is 11.8 Å². The van der Waals surface area contributed by atoms with Crippen LogP contribution in [0, 0.1) is 6.92 Å². The zero-order chi connectivity index (χ0) is 26.5. The van der Waals surface area contributed by atoms with E-state index in [0.717, 1.165) is 15.4 Å². The van der Waals surface area contributed by atoms with Gasteiger partial charge in [-0.15, -0.1) is 0 Å². The van der Waals surface area contributed by atoms with Crippen molar-refractivity contribution in [1.82, 2.24) is 10.2 Å². The number of hydrogen-bond acceptors (Lipinski definition) is 6. The van der Waals surface area contributed by atoms with Gasteiger partial charge in [-0.05, 0) is 51.8 Å². The van der Waals surface area contributed by atoms with Gasteiger partial charge >= 0.3 is 0 Å². The molecular formula is C26H35N3O6S. The molecule has 0 fully saturated rings. The number of nitrogens with one attached hydrogen (secondary N) is 1. The van der Waals surface area contributed by atoms with E-state index in [9.17, 15) is 18.0 Å². The number of carbonyl (C=O) groups excluding carboxylic acids is 2. The second-order valence-electron chi connectivity index (χ2n) is 9.04. The van der Waals surface area contributed by atoms with Crippen LogP contribution >= 0.6 is 0 Å². The zero-order valence-electron chi connectivity index (χ0n) is 21.5. The van der Waals surface area contributed by atoms with Crippen molar-refractivity contribution in [3.8, 4) is 11.5 Å². The van der Waals surface area contributed by atoms with Crippen LogP contribution in [-0.2, 0) is 26.2 Å². The molecule has 1 N–H and O–H groups in total. The van der Waals surface area contributed by atoms with Crippen molar-refractivity contribution in [1.29, 1.82) is 0 Å². The number of sulfonamides is 1.